The van der Waals surface area contributed by atoms with Crippen LogP contribution in [0.5, 0.6) is 0 Å². The van der Waals surface area contributed by atoms with E-state index in [0.717, 1.165) is 6.42 Å². The Morgan fingerprint density at radius 2 is 0.851 bits per heavy atom. The molecule has 0 atom stereocenters. The SMILES string of the molecule is Cc1cc(C(C)(C)C)ccc1N1c2cc3c(cc2B2c4cc5c(cc4N(c4ccc(C(C)(C)C)cc4-c4ccccc4)c4cc(C(C)(C)C)cc1c42)C(C)(C)CCC5(C)C)C(C)(C)CC3(C)C. The van der Waals surface area contributed by atoms with Gasteiger partial charge in [-0.25, -0.2) is 0 Å². The number of hydrogen-bond acceptors (Lipinski definition) is 2. The van der Waals surface area contributed by atoms with Crippen molar-refractivity contribution in [2.24, 2.45) is 0 Å². The maximum atomic E-state index is 2.73. The topological polar surface area (TPSA) is 6.48 Å². The molecule has 0 spiro atoms. The summed E-state index contributed by atoms with van der Waals surface area (Å²) >= 11 is 0. The van der Waals surface area contributed by atoms with Crippen molar-refractivity contribution in [2.75, 3.05) is 9.80 Å². The van der Waals surface area contributed by atoms with Gasteiger partial charge in [0.2, 0.25) is 0 Å². The average molecular weight is 885 g/mol. The molecule has 346 valence electrons. The minimum absolute atomic E-state index is 0.0137. The second kappa shape index (κ2) is 14.5. The fourth-order valence-corrected chi connectivity index (χ4v) is 12.9. The number of nitrogens with zero attached hydrogens (tertiary/aromatic N) is 2. The van der Waals surface area contributed by atoms with E-state index in [0.29, 0.717) is 0 Å². The van der Waals surface area contributed by atoms with E-state index in [1.165, 1.54) is 119 Å². The van der Waals surface area contributed by atoms with Crippen LogP contribution in [-0.2, 0) is 37.9 Å². The molecule has 0 bridgehead atoms. The molecule has 0 aromatic heterocycles. The molecule has 4 aliphatic rings. The van der Waals surface area contributed by atoms with Gasteiger partial charge in [-0.2, -0.15) is 0 Å². The molecule has 0 saturated carbocycles. The Bertz CT molecular complexity index is 3010. The van der Waals surface area contributed by atoms with Crippen molar-refractivity contribution >= 4 is 57.2 Å². The van der Waals surface area contributed by atoms with Gasteiger partial charge in [0.15, 0.2) is 0 Å². The van der Waals surface area contributed by atoms with E-state index in [2.05, 4.69) is 238 Å². The maximum Gasteiger partial charge on any atom is 0.252 e. The van der Waals surface area contributed by atoms with Crippen LogP contribution in [0.25, 0.3) is 11.1 Å². The molecular formula is C64H77BN2. The molecular weight excluding hydrogens is 808 g/mol. The van der Waals surface area contributed by atoms with Crippen LogP contribution < -0.4 is 26.2 Å². The third kappa shape index (κ3) is 7.17. The van der Waals surface area contributed by atoms with Crippen LogP contribution in [0.4, 0.5) is 34.1 Å². The van der Waals surface area contributed by atoms with Crippen LogP contribution in [0.3, 0.4) is 0 Å². The molecule has 0 radical (unpaired) electrons. The fourth-order valence-electron chi connectivity index (χ4n) is 12.9. The lowest BCUT2D eigenvalue weighted by molar-refractivity contribution is 0.332. The zero-order chi connectivity index (χ0) is 48.3. The molecule has 0 unspecified atom stereocenters. The summed E-state index contributed by atoms with van der Waals surface area (Å²) in [5, 5.41) is 0. The summed E-state index contributed by atoms with van der Waals surface area (Å²) in [6, 6.07) is 41.8. The molecule has 0 N–H and O–H groups in total. The Kier molecular flexibility index (Phi) is 9.91. The second-order valence-corrected chi connectivity index (χ2v) is 27.0. The number of benzene rings is 6. The van der Waals surface area contributed by atoms with Gasteiger partial charge in [-0.3, -0.25) is 0 Å². The minimum atomic E-state index is -0.117. The molecule has 2 nitrogen and oxygen atoms in total. The number of fused-ring (bicyclic) bond motifs is 6. The zero-order valence-electron chi connectivity index (χ0n) is 44.4. The number of rotatable bonds is 3. The van der Waals surface area contributed by atoms with Crippen LogP contribution in [0.15, 0.2) is 103 Å². The van der Waals surface area contributed by atoms with Crippen LogP contribution in [0.2, 0.25) is 0 Å². The largest absolute Gasteiger partial charge is 0.311 e. The van der Waals surface area contributed by atoms with Crippen molar-refractivity contribution in [3.8, 4) is 11.1 Å². The van der Waals surface area contributed by atoms with Gasteiger partial charge in [-0.05, 0) is 173 Å². The van der Waals surface area contributed by atoms with Crippen LogP contribution in [-0.4, -0.2) is 6.71 Å². The molecule has 0 fully saturated rings. The number of hydrogen-bond donors (Lipinski definition) is 0. The molecule has 2 heterocycles. The van der Waals surface area contributed by atoms with Crippen LogP contribution in [0, 0.1) is 6.92 Å². The molecule has 0 amide bonds. The van der Waals surface area contributed by atoms with Gasteiger partial charge in [0.25, 0.3) is 6.71 Å². The summed E-state index contributed by atoms with van der Waals surface area (Å²) in [5.74, 6) is 0. The molecule has 67 heavy (non-hydrogen) atoms. The molecule has 10 rings (SSSR count). The van der Waals surface area contributed by atoms with E-state index in [1.807, 2.05) is 0 Å². The summed E-state index contributed by atoms with van der Waals surface area (Å²) in [4.78, 5) is 5.44. The summed E-state index contributed by atoms with van der Waals surface area (Å²) in [6.45, 7) is 43.5. The van der Waals surface area contributed by atoms with E-state index in [9.17, 15) is 0 Å². The summed E-state index contributed by atoms with van der Waals surface area (Å²) in [5.41, 5.74) is 26.0. The first-order valence-electron chi connectivity index (χ1n) is 25.5. The van der Waals surface area contributed by atoms with Crippen molar-refractivity contribution in [1.29, 1.82) is 0 Å². The molecule has 6 aromatic rings. The number of anilines is 6. The molecule has 6 aromatic carbocycles. The van der Waals surface area contributed by atoms with Gasteiger partial charge in [0.05, 0.1) is 5.69 Å². The highest BCUT2D eigenvalue weighted by atomic mass is 15.2. The Balaban J connectivity index is 1.40. The van der Waals surface area contributed by atoms with Gasteiger partial charge in [-0.15, -0.1) is 0 Å². The van der Waals surface area contributed by atoms with Crippen molar-refractivity contribution in [1.82, 2.24) is 0 Å². The Labute approximate surface area is 405 Å². The minimum Gasteiger partial charge on any atom is -0.311 e. The summed E-state index contributed by atoms with van der Waals surface area (Å²) in [6.07, 6.45) is 3.47. The molecule has 3 heteroatoms. The Morgan fingerprint density at radius 3 is 1.34 bits per heavy atom. The lowest BCUT2D eigenvalue weighted by Gasteiger charge is -2.48. The predicted octanol–water partition coefficient (Wildman–Crippen LogP) is 15.9. The molecule has 2 aliphatic heterocycles. The summed E-state index contributed by atoms with van der Waals surface area (Å²) < 4.78 is 0. The zero-order valence-corrected chi connectivity index (χ0v) is 44.4. The molecule has 0 saturated heterocycles. The lowest BCUT2D eigenvalue weighted by Crippen LogP contribution is -2.62. The van der Waals surface area contributed by atoms with E-state index in [-0.39, 0.29) is 44.6 Å². The van der Waals surface area contributed by atoms with Crippen molar-refractivity contribution < 1.29 is 0 Å². The first-order valence-corrected chi connectivity index (χ1v) is 25.5. The van der Waals surface area contributed by atoms with Gasteiger partial charge >= 0.3 is 0 Å². The maximum absolute atomic E-state index is 2.73. The quantitative estimate of drug-likeness (QED) is 0.163. The van der Waals surface area contributed by atoms with E-state index in [4.69, 9.17) is 0 Å². The van der Waals surface area contributed by atoms with Crippen molar-refractivity contribution in [3.05, 3.63) is 148 Å². The van der Waals surface area contributed by atoms with Gasteiger partial charge in [0, 0.05) is 34.0 Å². The van der Waals surface area contributed by atoms with E-state index < -0.39 is 0 Å². The monoisotopic (exact) mass is 885 g/mol. The standard InChI is InChI=1S/C64H77BN2/c1-39-30-41(58(2,3)4)24-26-51(39)66-53-37-48-46(63(15,16)38-64(48,17)18)35-50(53)65-49-34-45-47(62(13,14)29-28-61(45,11)12)36-54(49)67(56-33-43(60(8,9)10)32-55(66)57(56)65)52-27-25-42(59(5,6)7)31-44(52)40-22-20-19-21-23-40/h19-27,30-37H,28-29,38H2,1-18H3. The molecule has 2 aliphatic carbocycles. The Hall–Kier alpha value is -5.02. The lowest BCUT2D eigenvalue weighted by atomic mass is 9.32. The van der Waals surface area contributed by atoms with Crippen molar-refractivity contribution in [2.45, 2.75) is 182 Å². The smallest absolute Gasteiger partial charge is 0.252 e. The second-order valence-electron chi connectivity index (χ2n) is 27.0. The number of aryl methyl sites for hydroxylation is 1. The van der Waals surface area contributed by atoms with E-state index in [1.54, 1.807) is 0 Å². The van der Waals surface area contributed by atoms with Crippen LogP contribution in [0.1, 0.15) is 181 Å². The van der Waals surface area contributed by atoms with Gasteiger partial charge in [-0.1, -0.05) is 178 Å². The normalized spacial score (nSPS) is 18.5. The highest BCUT2D eigenvalue weighted by molar-refractivity contribution is 7.00. The van der Waals surface area contributed by atoms with Gasteiger partial charge < -0.3 is 9.80 Å². The van der Waals surface area contributed by atoms with Crippen LogP contribution >= 0.6 is 0 Å². The fraction of sp³-hybridized carbons (Fsp3) is 0.438. The third-order valence-corrected chi connectivity index (χ3v) is 16.9. The highest BCUT2D eigenvalue weighted by Gasteiger charge is 2.50. The van der Waals surface area contributed by atoms with Gasteiger partial charge in [0.1, 0.15) is 0 Å². The highest BCUT2D eigenvalue weighted by Crippen LogP contribution is 2.55. The first kappa shape index (κ1) is 45.8. The average Bonchev–Trinajstić information content (AvgIpc) is 3.42. The van der Waals surface area contributed by atoms with Crippen molar-refractivity contribution in [3.63, 3.8) is 0 Å². The van der Waals surface area contributed by atoms with E-state index >= 15 is 0 Å². The first-order chi connectivity index (χ1) is 31.0. The predicted molar refractivity (Wildman–Crippen MR) is 293 cm³/mol. The summed E-state index contributed by atoms with van der Waals surface area (Å²) in [7, 11) is 0. The Morgan fingerprint density at radius 1 is 0.418 bits per heavy atom. The third-order valence-electron chi connectivity index (χ3n) is 16.9.